The van der Waals surface area contributed by atoms with E-state index in [4.69, 9.17) is 22.1 Å². The van der Waals surface area contributed by atoms with Gasteiger partial charge >= 0.3 is 0 Å². The molecule has 0 spiro atoms. The van der Waals surface area contributed by atoms with Crippen LogP contribution in [-0.4, -0.2) is 13.2 Å². The summed E-state index contributed by atoms with van der Waals surface area (Å²) < 4.78 is 18.6. The molecule has 0 aliphatic rings. The van der Waals surface area contributed by atoms with Crippen LogP contribution in [0.4, 0.5) is 4.39 Å². The molecule has 4 heteroatoms. The molecule has 84 valence electrons. The minimum absolute atomic E-state index is 0.0921. The largest absolute Gasteiger partial charge is 0.490 e. The van der Waals surface area contributed by atoms with Gasteiger partial charge in [0.2, 0.25) is 0 Å². The molecule has 0 saturated heterocycles. The Morgan fingerprint density at radius 2 is 2.07 bits per heavy atom. The van der Waals surface area contributed by atoms with Crippen molar-refractivity contribution in [1.82, 2.24) is 0 Å². The molecule has 0 unspecified atom stereocenters. The monoisotopic (exact) mass is 231 g/mol. The van der Waals surface area contributed by atoms with Crippen molar-refractivity contribution in [1.29, 1.82) is 0 Å². The fraction of sp³-hybridized carbons (Fsp3) is 0.455. The predicted octanol–water partition coefficient (Wildman–Crippen LogP) is 2.99. The minimum Gasteiger partial charge on any atom is -0.490 e. The highest BCUT2D eigenvalue weighted by molar-refractivity contribution is 6.30. The fourth-order valence-electron chi connectivity index (χ4n) is 1.20. The molecule has 0 aromatic heterocycles. The Balaban J connectivity index is 2.34. The molecular weight excluding hydrogens is 217 g/mol. The topological polar surface area (TPSA) is 35.2 Å². The molecule has 15 heavy (non-hydrogen) atoms. The van der Waals surface area contributed by atoms with Crippen molar-refractivity contribution >= 4 is 11.6 Å². The van der Waals surface area contributed by atoms with E-state index >= 15 is 0 Å². The average Bonchev–Trinajstić information content (AvgIpc) is 2.24. The van der Waals surface area contributed by atoms with E-state index in [1.165, 1.54) is 6.07 Å². The summed E-state index contributed by atoms with van der Waals surface area (Å²) in [6, 6.07) is 4.74. The minimum atomic E-state index is -0.488. The molecule has 0 amide bonds. The molecule has 0 aliphatic heterocycles. The smallest absolute Gasteiger partial charge is 0.183 e. The highest BCUT2D eigenvalue weighted by Gasteiger charge is 2.06. The van der Waals surface area contributed by atoms with Crippen molar-refractivity contribution in [2.24, 2.45) is 5.73 Å². The summed E-state index contributed by atoms with van der Waals surface area (Å²) >= 11 is 5.60. The summed E-state index contributed by atoms with van der Waals surface area (Å²) in [5.74, 6) is -0.270. The van der Waals surface area contributed by atoms with E-state index in [0.717, 1.165) is 19.3 Å². The summed E-state index contributed by atoms with van der Waals surface area (Å²) in [7, 11) is 0. The maximum atomic E-state index is 13.3. The van der Waals surface area contributed by atoms with Crippen LogP contribution in [0.2, 0.25) is 5.02 Å². The molecule has 1 aromatic carbocycles. The Labute approximate surface area is 94.2 Å². The molecule has 1 aromatic rings. The van der Waals surface area contributed by atoms with Crippen LogP contribution in [0.15, 0.2) is 18.2 Å². The van der Waals surface area contributed by atoms with Crippen molar-refractivity contribution in [3.63, 3.8) is 0 Å². The van der Waals surface area contributed by atoms with E-state index < -0.39 is 5.82 Å². The molecule has 2 N–H and O–H groups in total. The number of nitrogens with two attached hydrogens (primary N) is 1. The summed E-state index contributed by atoms with van der Waals surface area (Å²) in [4.78, 5) is 0. The molecular formula is C11H15ClFNO. The third-order valence-electron chi connectivity index (χ3n) is 2.02. The lowest BCUT2D eigenvalue weighted by Gasteiger charge is -2.07. The van der Waals surface area contributed by atoms with Crippen LogP contribution >= 0.6 is 11.6 Å². The number of rotatable bonds is 6. The van der Waals surface area contributed by atoms with Crippen molar-refractivity contribution in [2.75, 3.05) is 13.2 Å². The molecule has 1 rings (SSSR count). The van der Waals surface area contributed by atoms with E-state index in [-0.39, 0.29) is 10.8 Å². The van der Waals surface area contributed by atoms with Crippen LogP contribution in [0.5, 0.6) is 5.75 Å². The van der Waals surface area contributed by atoms with E-state index in [1.54, 1.807) is 12.1 Å². The normalized spacial score (nSPS) is 10.3. The lowest BCUT2D eigenvalue weighted by Crippen LogP contribution is -2.02. The molecule has 0 atom stereocenters. The average molecular weight is 232 g/mol. The maximum Gasteiger partial charge on any atom is 0.183 e. The van der Waals surface area contributed by atoms with Gasteiger partial charge in [0.1, 0.15) is 0 Å². The maximum absolute atomic E-state index is 13.3. The summed E-state index contributed by atoms with van der Waals surface area (Å²) in [6.07, 6.45) is 2.85. The Bertz CT molecular complexity index is 307. The van der Waals surface area contributed by atoms with Gasteiger partial charge in [0, 0.05) is 0 Å². The molecule has 2 nitrogen and oxygen atoms in total. The van der Waals surface area contributed by atoms with Crippen molar-refractivity contribution < 1.29 is 9.13 Å². The summed E-state index contributed by atoms with van der Waals surface area (Å²) in [5.41, 5.74) is 5.35. The summed E-state index contributed by atoms with van der Waals surface area (Å²) in [5, 5.41) is 0.0921. The molecule has 0 radical (unpaired) electrons. The number of ether oxygens (including phenoxy) is 1. The zero-order valence-electron chi connectivity index (χ0n) is 8.51. The van der Waals surface area contributed by atoms with Gasteiger partial charge in [-0.25, -0.2) is 4.39 Å². The number of halogens is 2. The standard InChI is InChI=1S/C11H15ClFNO/c12-9-5-4-6-10(11(9)13)15-8-3-1-2-7-14/h4-6H,1-3,7-8,14H2. The van der Waals surface area contributed by atoms with Gasteiger partial charge < -0.3 is 10.5 Å². The van der Waals surface area contributed by atoms with Gasteiger partial charge in [-0.1, -0.05) is 17.7 Å². The third kappa shape index (κ3) is 4.06. The first kappa shape index (κ1) is 12.3. The van der Waals surface area contributed by atoms with Gasteiger partial charge in [0.05, 0.1) is 11.6 Å². The fourth-order valence-corrected chi connectivity index (χ4v) is 1.37. The molecule has 0 saturated carbocycles. The van der Waals surface area contributed by atoms with E-state index in [2.05, 4.69) is 0 Å². The van der Waals surface area contributed by atoms with Gasteiger partial charge in [-0.05, 0) is 37.9 Å². The predicted molar refractivity (Wildman–Crippen MR) is 59.8 cm³/mol. The van der Waals surface area contributed by atoms with E-state index in [1.807, 2.05) is 0 Å². The number of benzene rings is 1. The molecule has 0 heterocycles. The Kier molecular flexibility index (Phi) is 5.43. The lowest BCUT2D eigenvalue weighted by atomic mass is 10.2. The second-order valence-corrected chi connectivity index (χ2v) is 3.66. The zero-order valence-corrected chi connectivity index (χ0v) is 9.27. The van der Waals surface area contributed by atoms with Crippen LogP contribution in [0, 0.1) is 5.82 Å². The summed E-state index contributed by atoms with van der Waals surface area (Å²) in [6.45, 7) is 1.18. The second kappa shape index (κ2) is 6.64. The Morgan fingerprint density at radius 1 is 1.27 bits per heavy atom. The number of unbranched alkanes of at least 4 members (excludes halogenated alkanes) is 2. The highest BCUT2D eigenvalue weighted by Crippen LogP contribution is 2.24. The van der Waals surface area contributed by atoms with Crippen molar-refractivity contribution in [3.05, 3.63) is 29.0 Å². The SMILES string of the molecule is NCCCCCOc1cccc(Cl)c1F. The molecule has 0 aliphatic carbocycles. The second-order valence-electron chi connectivity index (χ2n) is 3.25. The highest BCUT2D eigenvalue weighted by atomic mass is 35.5. The number of hydrogen-bond donors (Lipinski definition) is 1. The Morgan fingerprint density at radius 3 is 2.80 bits per heavy atom. The van der Waals surface area contributed by atoms with E-state index in [0.29, 0.717) is 13.2 Å². The van der Waals surface area contributed by atoms with Gasteiger partial charge in [0.25, 0.3) is 0 Å². The quantitative estimate of drug-likeness (QED) is 0.764. The molecule has 0 bridgehead atoms. The third-order valence-corrected chi connectivity index (χ3v) is 2.31. The lowest BCUT2D eigenvalue weighted by molar-refractivity contribution is 0.291. The van der Waals surface area contributed by atoms with Crippen LogP contribution < -0.4 is 10.5 Å². The zero-order chi connectivity index (χ0) is 11.1. The van der Waals surface area contributed by atoms with Gasteiger partial charge in [-0.3, -0.25) is 0 Å². The molecule has 0 fully saturated rings. The van der Waals surface area contributed by atoms with Crippen molar-refractivity contribution in [3.8, 4) is 5.75 Å². The Hall–Kier alpha value is -0.800. The van der Waals surface area contributed by atoms with Gasteiger partial charge in [-0.2, -0.15) is 0 Å². The first-order valence-electron chi connectivity index (χ1n) is 5.02. The van der Waals surface area contributed by atoms with E-state index in [9.17, 15) is 4.39 Å². The first-order valence-corrected chi connectivity index (χ1v) is 5.40. The van der Waals surface area contributed by atoms with Crippen LogP contribution in [0.25, 0.3) is 0 Å². The first-order chi connectivity index (χ1) is 7.25. The van der Waals surface area contributed by atoms with Crippen molar-refractivity contribution in [2.45, 2.75) is 19.3 Å². The van der Waals surface area contributed by atoms with Crippen LogP contribution in [0.3, 0.4) is 0 Å². The number of hydrogen-bond acceptors (Lipinski definition) is 2. The van der Waals surface area contributed by atoms with Gasteiger partial charge in [-0.15, -0.1) is 0 Å². The van der Waals surface area contributed by atoms with Gasteiger partial charge in [0.15, 0.2) is 11.6 Å². The van der Waals surface area contributed by atoms with Crippen LogP contribution in [-0.2, 0) is 0 Å². The van der Waals surface area contributed by atoms with Crippen LogP contribution in [0.1, 0.15) is 19.3 Å².